The standard InChI is InChI=1S/C16H15BrFNO/c17-14-8-7-12(9-15(14)18)20-13-6-5-11-3-1-2-4-16(11)19-10-13/h1-4,7-9,13,19H,5-6,10H2. The zero-order valence-electron chi connectivity index (χ0n) is 10.9. The highest BCUT2D eigenvalue weighted by molar-refractivity contribution is 9.10. The van der Waals surface area contributed by atoms with Crippen LogP contribution in [0.1, 0.15) is 12.0 Å². The Labute approximate surface area is 126 Å². The minimum Gasteiger partial charge on any atom is -0.488 e. The number of para-hydroxylation sites is 1. The summed E-state index contributed by atoms with van der Waals surface area (Å²) in [6.45, 7) is 0.731. The van der Waals surface area contributed by atoms with E-state index in [2.05, 4.69) is 33.4 Å². The Kier molecular flexibility index (Phi) is 3.92. The topological polar surface area (TPSA) is 21.3 Å². The summed E-state index contributed by atoms with van der Waals surface area (Å²) < 4.78 is 19.8. The summed E-state index contributed by atoms with van der Waals surface area (Å²) in [6, 6.07) is 13.2. The van der Waals surface area contributed by atoms with Gasteiger partial charge in [0.15, 0.2) is 0 Å². The summed E-state index contributed by atoms with van der Waals surface area (Å²) in [7, 11) is 0. The van der Waals surface area contributed by atoms with Crippen LogP contribution in [0.25, 0.3) is 0 Å². The van der Waals surface area contributed by atoms with E-state index in [1.54, 1.807) is 12.1 Å². The van der Waals surface area contributed by atoms with E-state index in [-0.39, 0.29) is 11.9 Å². The van der Waals surface area contributed by atoms with Gasteiger partial charge in [-0.3, -0.25) is 0 Å². The van der Waals surface area contributed by atoms with Crippen LogP contribution in [-0.2, 0) is 6.42 Å². The molecule has 1 unspecified atom stereocenters. The van der Waals surface area contributed by atoms with Gasteiger partial charge in [-0.05, 0) is 52.5 Å². The number of benzene rings is 2. The van der Waals surface area contributed by atoms with E-state index >= 15 is 0 Å². The number of nitrogens with one attached hydrogen (secondary N) is 1. The van der Waals surface area contributed by atoms with Crippen molar-refractivity contribution in [1.82, 2.24) is 0 Å². The van der Waals surface area contributed by atoms with Crippen LogP contribution in [0.15, 0.2) is 46.9 Å². The van der Waals surface area contributed by atoms with E-state index in [1.165, 1.54) is 17.3 Å². The predicted molar refractivity (Wildman–Crippen MR) is 81.8 cm³/mol. The van der Waals surface area contributed by atoms with E-state index in [1.807, 2.05) is 12.1 Å². The lowest BCUT2D eigenvalue weighted by molar-refractivity contribution is 0.205. The molecule has 2 aromatic carbocycles. The van der Waals surface area contributed by atoms with Crippen LogP contribution in [0.2, 0.25) is 0 Å². The maximum Gasteiger partial charge on any atom is 0.141 e. The Morgan fingerprint density at radius 3 is 2.90 bits per heavy atom. The molecule has 104 valence electrons. The molecule has 0 aromatic heterocycles. The summed E-state index contributed by atoms with van der Waals surface area (Å²) in [4.78, 5) is 0. The fraction of sp³-hybridized carbons (Fsp3) is 0.250. The van der Waals surface area contributed by atoms with Gasteiger partial charge < -0.3 is 10.1 Å². The second kappa shape index (κ2) is 5.83. The molecule has 0 fully saturated rings. The van der Waals surface area contributed by atoms with Gasteiger partial charge in [0.1, 0.15) is 17.7 Å². The van der Waals surface area contributed by atoms with E-state index < -0.39 is 0 Å². The van der Waals surface area contributed by atoms with Gasteiger partial charge in [-0.2, -0.15) is 0 Å². The molecule has 1 aliphatic heterocycles. The quantitative estimate of drug-likeness (QED) is 0.878. The molecule has 4 heteroatoms. The first-order chi connectivity index (χ1) is 9.72. The molecule has 0 saturated carbocycles. The molecule has 1 atom stereocenters. The SMILES string of the molecule is Fc1cc(OC2CCc3ccccc3NC2)ccc1Br. The first kappa shape index (κ1) is 13.4. The molecule has 0 spiro atoms. The molecule has 0 saturated heterocycles. The van der Waals surface area contributed by atoms with Crippen molar-refractivity contribution in [2.24, 2.45) is 0 Å². The number of anilines is 1. The van der Waals surface area contributed by atoms with Crippen LogP contribution in [0, 0.1) is 5.82 Å². The first-order valence-electron chi connectivity index (χ1n) is 6.66. The molecule has 1 N–H and O–H groups in total. The average Bonchev–Trinajstić information content (AvgIpc) is 2.66. The number of hydrogen-bond acceptors (Lipinski definition) is 2. The Balaban J connectivity index is 1.69. The van der Waals surface area contributed by atoms with Crippen LogP contribution in [0.3, 0.4) is 0 Å². The van der Waals surface area contributed by atoms with Crippen molar-refractivity contribution in [3.63, 3.8) is 0 Å². The van der Waals surface area contributed by atoms with Gasteiger partial charge in [0.25, 0.3) is 0 Å². The molecule has 0 radical (unpaired) electrons. The van der Waals surface area contributed by atoms with Crippen molar-refractivity contribution in [2.45, 2.75) is 18.9 Å². The zero-order chi connectivity index (χ0) is 13.9. The van der Waals surface area contributed by atoms with Crippen molar-refractivity contribution in [2.75, 3.05) is 11.9 Å². The van der Waals surface area contributed by atoms with Crippen LogP contribution < -0.4 is 10.1 Å². The normalized spacial score (nSPS) is 17.8. The maximum atomic E-state index is 13.5. The number of halogens is 2. The Hall–Kier alpha value is -1.55. The zero-order valence-corrected chi connectivity index (χ0v) is 12.5. The molecular formula is C16H15BrFNO. The van der Waals surface area contributed by atoms with Gasteiger partial charge in [-0.1, -0.05) is 18.2 Å². The summed E-state index contributed by atoms with van der Waals surface area (Å²) in [6.07, 6.45) is 1.93. The Morgan fingerprint density at radius 1 is 1.20 bits per heavy atom. The lowest BCUT2D eigenvalue weighted by atomic mass is 10.1. The number of fused-ring (bicyclic) bond motifs is 1. The lowest BCUT2D eigenvalue weighted by Crippen LogP contribution is -2.24. The predicted octanol–water partition coefficient (Wildman–Crippen LogP) is 4.39. The second-order valence-corrected chi connectivity index (χ2v) is 5.75. The number of aryl methyl sites for hydroxylation is 1. The smallest absolute Gasteiger partial charge is 0.141 e. The van der Waals surface area contributed by atoms with Crippen LogP contribution in [0.4, 0.5) is 10.1 Å². The molecule has 0 aliphatic carbocycles. The van der Waals surface area contributed by atoms with E-state index in [9.17, 15) is 4.39 Å². The maximum absolute atomic E-state index is 13.5. The monoisotopic (exact) mass is 335 g/mol. The summed E-state index contributed by atoms with van der Waals surface area (Å²) in [5, 5.41) is 3.39. The van der Waals surface area contributed by atoms with Crippen molar-refractivity contribution in [3.05, 3.63) is 58.3 Å². The highest BCUT2D eigenvalue weighted by Crippen LogP contribution is 2.25. The largest absolute Gasteiger partial charge is 0.488 e. The number of ether oxygens (including phenoxy) is 1. The van der Waals surface area contributed by atoms with Crippen LogP contribution >= 0.6 is 15.9 Å². The van der Waals surface area contributed by atoms with E-state index in [0.29, 0.717) is 10.2 Å². The average molecular weight is 336 g/mol. The van der Waals surface area contributed by atoms with Crippen molar-refractivity contribution in [1.29, 1.82) is 0 Å². The van der Waals surface area contributed by atoms with E-state index in [4.69, 9.17) is 4.74 Å². The fourth-order valence-electron chi connectivity index (χ4n) is 2.40. The summed E-state index contributed by atoms with van der Waals surface area (Å²) in [5.74, 6) is 0.274. The molecule has 2 nitrogen and oxygen atoms in total. The molecule has 2 aromatic rings. The minimum atomic E-state index is -0.299. The van der Waals surface area contributed by atoms with Gasteiger partial charge in [0.2, 0.25) is 0 Å². The summed E-state index contributed by atoms with van der Waals surface area (Å²) in [5.41, 5.74) is 2.47. The minimum absolute atomic E-state index is 0.0444. The Bertz CT molecular complexity index is 590. The van der Waals surface area contributed by atoms with Gasteiger partial charge in [-0.25, -0.2) is 4.39 Å². The number of rotatable bonds is 2. The molecule has 1 aliphatic rings. The van der Waals surface area contributed by atoms with Gasteiger partial charge >= 0.3 is 0 Å². The second-order valence-electron chi connectivity index (χ2n) is 4.89. The first-order valence-corrected chi connectivity index (χ1v) is 7.45. The van der Waals surface area contributed by atoms with Gasteiger partial charge in [0, 0.05) is 11.8 Å². The van der Waals surface area contributed by atoms with Crippen LogP contribution in [0.5, 0.6) is 5.75 Å². The molecule has 3 rings (SSSR count). The van der Waals surface area contributed by atoms with Gasteiger partial charge in [0.05, 0.1) is 11.0 Å². The van der Waals surface area contributed by atoms with Crippen molar-refractivity contribution in [3.8, 4) is 5.75 Å². The highest BCUT2D eigenvalue weighted by Gasteiger charge is 2.17. The molecule has 0 bridgehead atoms. The third-order valence-electron chi connectivity index (χ3n) is 3.47. The van der Waals surface area contributed by atoms with E-state index in [0.717, 1.165) is 19.4 Å². The van der Waals surface area contributed by atoms with Crippen molar-refractivity contribution >= 4 is 21.6 Å². The molecule has 0 amide bonds. The molecular weight excluding hydrogens is 321 g/mol. The fourth-order valence-corrected chi connectivity index (χ4v) is 2.64. The van der Waals surface area contributed by atoms with Crippen molar-refractivity contribution < 1.29 is 9.13 Å². The lowest BCUT2D eigenvalue weighted by Gasteiger charge is -2.17. The third kappa shape index (κ3) is 2.96. The number of hydrogen-bond donors (Lipinski definition) is 1. The molecule has 20 heavy (non-hydrogen) atoms. The summed E-state index contributed by atoms with van der Waals surface area (Å²) >= 11 is 3.14. The Morgan fingerprint density at radius 2 is 2.05 bits per heavy atom. The highest BCUT2D eigenvalue weighted by atomic mass is 79.9. The van der Waals surface area contributed by atoms with Gasteiger partial charge in [-0.15, -0.1) is 0 Å². The molecule has 1 heterocycles. The third-order valence-corrected chi connectivity index (χ3v) is 4.11. The van der Waals surface area contributed by atoms with Crippen LogP contribution in [-0.4, -0.2) is 12.6 Å².